The zero-order chi connectivity index (χ0) is 14.6. The van der Waals surface area contributed by atoms with Gasteiger partial charge >= 0.3 is 12.1 Å². The summed E-state index contributed by atoms with van der Waals surface area (Å²) in [7, 11) is 0. The number of carbonyl (C=O) groups is 2. The molecule has 9 heteroatoms. The minimum Gasteiger partial charge on any atom is -0.791 e. The maximum Gasteiger partial charge on any atom is 0.413 e. The summed E-state index contributed by atoms with van der Waals surface area (Å²) in [5.74, 6) is -1.48. The molecule has 0 aromatic carbocycles. The first-order valence-corrected chi connectivity index (χ1v) is 6.00. The van der Waals surface area contributed by atoms with Crippen molar-refractivity contribution in [2.45, 2.75) is 26.4 Å². The monoisotopic (exact) mass is 286 g/mol. The Morgan fingerprint density at radius 3 is 2.63 bits per heavy atom. The summed E-state index contributed by atoms with van der Waals surface area (Å²) in [5, 5.41) is 25.2. The highest BCUT2D eigenvalue weighted by atomic mass is 32.1. The molecule has 0 fully saturated rings. The lowest BCUT2D eigenvalue weighted by atomic mass is 10.2. The van der Waals surface area contributed by atoms with E-state index in [0.717, 1.165) is 11.3 Å². The topological polar surface area (TPSA) is 124 Å². The fourth-order valence-electron chi connectivity index (χ4n) is 1.03. The van der Waals surface area contributed by atoms with Crippen molar-refractivity contribution in [3.63, 3.8) is 0 Å². The standard InChI is InChI=1S/C10H13N3O5S/c1-10(2,3)18-9(16)12-8-11-5(4-19-8)6(13-17)7(14)15/h4,17H,1-3H3,(H,14,15)(H,11,12,16)/p-1/b13-6-. The van der Waals surface area contributed by atoms with Crippen molar-refractivity contribution in [3.8, 4) is 0 Å². The number of nitrogens with zero attached hydrogens (tertiary/aromatic N) is 2. The van der Waals surface area contributed by atoms with Crippen molar-refractivity contribution in [2.75, 3.05) is 5.32 Å². The molecular formula is C10H12N3O5S-. The fourth-order valence-corrected chi connectivity index (χ4v) is 1.71. The predicted molar refractivity (Wildman–Crippen MR) is 69.5 cm³/mol. The molecule has 0 aliphatic heterocycles. The van der Waals surface area contributed by atoms with E-state index in [1.807, 2.05) is 0 Å². The lowest BCUT2D eigenvalue weighted by molar-refractivity contribution is -0.129. The molecule has 0 saturated heterocycles. The Bertz CT molecular complexity index is 517. The molecule has 1 rings (SSSR count). The molecule has 0 radical (unpaired) electrons. The first kappa shape index (κ1) is 14.9. The Kier molecular flexibility index (Phi) is 4.43. The number of thiazole rings is 1. The van der Waals surface area contributed by atoms with Gasteiger partial charge in [0.15, 0.2) is 10.8 Å². The van der Waals surface area contributed by atoms with Gasteiger partial charge < -0.3 is 20.2 Å². The number of rotatable bonds is 3. The van der Waals surface area contributed by atoms with Crippen molar-refractivity contribution in [1.82, 2.24) is 4.98 Å². The van der Waals surface area contributed by atoms with Crippen LogP contribution in [-0.2, 0) is 9.53 Å². The summed E-state index contributed by atoms with van der Waals surface area (Å²) >= 11 is 0.959. The van der Waals surface area contributed by atoms with Gasteiger partial charge in [-0.2, -0.15) is 0 Å². The molecule has 1 heterocycles. The second-order valence-electron chi connectivity index (χ2n) is 4.41. The van der Waals surface area contributed by atoms with Crippen LogP contribution in [-0.4, -0.2) is 33.5 Å². The second kappa shape index (κ2) is 5.65. The summed E-state index contributed by atoms with van der Waals surface area (Å²) in [4.78, 5) is 25.9. The molecule has 0 unspecified atom stereocenters. The zero-order valence-electron chi connectivity index (χ0n) is 10.5. The van der Waals surface area contributed by atoms with Gasteiger partial charge in [0.2, 0.25) is 0 Å². The van der Waals surface area contributed by atoms with Crippen LogP contribution in [0, 0.1) is 5.21 Å². The van der Waals surface area contributed by atoms with Crippen LogP contribution in [0.5, 0.6) is 0 Å². The van der Waals surface area contributed by atoms with Gasteiger partial charge in [0.1, 0.15) is 11.3 Å². The van der Waals surface area contributed by atoms with Gasteiger partial charge in [-0.05, 0) is 20.8 Å². The molecule has 0 aliphatic carbocycles. The number of hydrogen-bond acceptors (Lipinski definition) is 7. The molecule has 0 atom stereocenters. The first-order chi connectivity index (χ1) is 8.73. The van der Waals surface area contributed by atoms with Crippen LogP contribution in [0.25, 0.3) is 0 Å². The molecular weight excluding hydrogens is 274 g/mol. The molecule has 104 valence electrons. The van der Waals surface area contributed by atoms with E-state index >= 15 is 0 Å². The van der Waals surface area contributed by atoms with Crippen LogP contribution in [0.15, 0.2) is 10.5 Å². The fraction of sp³-hybridized carbons (Fsp3) is 0.400. The highest BCUT2D eigenvalue weighted by Gasteiger charge is 2.19. The lowest BCUT2D eigenvalue weighted by Gasteiger charge is -2.18. The van der Waals surface area contributed by atoms with Crippen LogP contribution in [0.3, 0.4) is 0 Å². The van der Waals surface area contributed by atoms with Crippen molar-refractivity contribution < 1.29 is 19.4 Å². The third-order valence-corrected chi connectivity index (χ3v) is 2.41. The number of anilines is 1. The SMILES string of the molecule is CC(C)(C)OC(=O)Nc1nc(/C(=N/[O-])C(=O)O)cs1. The Morgan fingerprint density at radius 2 is 2.16 bits per heavy atom. The minimum absolute atomic E-state index is 0.112. The third kappa shape index (κ3) is 4.54. The molecule has 0 aliphatic rings. The molecule has 0 spiro atoms. The van der Waals surface area contributed by atoms with Crippen molar-refractivity contribution in [3.05, 3.63) is 16.3 Å². The molecule has 19 heavy (non-hydrogen) atoms. The molecule has 1 amide bonds. The van der Waals surface area contributed by atoms with Gasteiger partial charge in [-0.1, -0.05) is 0 Å². The highest BCUT2D eigenvalue weighted by Crippen LogP contribution is 2.17. The van der Waals surface area contributed by atoms with Crippen LogP contribution >= 0.6 is 11.3 Å². The van der Waals surface area contributed by atoms with Gasteiger partial charge in [0.05, 0.1) is 0 Å². The van der Waals surface area contributed by atoms with Crippen molar-refractivity contribution in [2.24, 2.45) is 5.16 Å². The maximum atomic E-state index is 11.4. The predicted octanol–water partition coefficient (Wildman–Crippen LogP) is 1.86. The lowest BCUT2D eigenvalue weighted by Crippen LogP contribution is -2.27. The molecule has 0 saturated carbocycles. The van der Waals surface area contributed by atoms with E-state index in [0.29, 0.717) is 0 Å². The van der Waals surface area contributed by atoms with Gasteiger partial charge in [-0.3, -0.25) is 5.32 Å². The maximum absolute atomic E-state index is 11.4. The van der Waals surface area contributed by atoms with Crippen molar-refractivity contribution >= 4 is 34.2 Å². The number of aliphatic carboxylic acids is 1. The van der Waals surface area contributed by atoms with E-state index in [4.69, 9.17) is 9.84 Å². The molecule has 1 aromatic rings. The van der Waals surface area contributed by atoms with Crippen LogP contribution < -0.4 is 5.32 Å². The number of carboxylic acids is 1. The zero-order valence-corrected chi connectivity index (χ0v) is 11.3. The third-order valence-electron chi connectivity index (χ3n) is 1.65. The van der Waals surface area contributed by atoms with E-state index in [-0.39, 0.29) is 10.8 Å². The van der Waals surface area contributed by atoms with E-state index in [1.54, 1.807) is 20.8 Å². The van der Waals surface area contributed by atoms with E-state index in [2.05, 4.69) is 15.5 Å². The van der Waals surface area contributed by atoms with Gasteiger partial charge in [0.25, 0.3) is 0 Å². The number of ether oxygens (including phenoxy) is 1. The molecule has 8 nitrogen and oxygen atoms in total. The summed E-state index contributed by atoms with van der Waals surface area (Å²) < 4.78 is 4.99. The summed E-state index contributed by atoms with van der Waals surface area (Å²) in [6.45, 7) is 5.10. The van der Waals surface area contributed by atoms with Crippen LogP contribution in [0.1, 0.15) is 26.5 Å². The number of aromatic nitrogens is 1. The Labute approximate surface area is 112 Å². The Hall–Kier alpha value is -2.16. The second-order valence-corrected chi connectivity index (χ2v) is 5.27. The smallest absolute Gasteiger partial charge is 0.413 e. The summed E-state index contributed by atoms with van der Waals surface area (Å²) in [5.41, 5.74) is -1.49. The number of nitrogens with one attached hydrogen (secondary N) is 1. The van der Waals surface area contributed by atoms with E-state index < -0.39 is 23.4 Å². The summed E-state index contributed by atoms with van der Waals surface area (Å²) in [6.07, 6.45) is -0.718. The Balaban J connectivity index is 2.76. The number of amides is 1. The average molecular weight is 286 g/mol. The van der Waals surface area contributed by atoms with Crippen molar-refractivity contribution in [1.29, 1.82) is 0 Å². The van der Waals surface area contributed by atoms with Gasteiger partial charge in [0, 0.05) is 5.38 Å². The molecule has 0 bridgehead atoms. The summed E-state index contributed by atoms with van der Waals surface area (Å²) in [6, 6.07) is 0. The molecule has 2 N–H and O–H groups in total. The van der Waals surface area contributed by atoms with Gasteiger partial charge in [-0.25, -0.2) is 14.6 Å². The largest absolute Gasteiger partial charge is 0.791 e. The normalized spacial score (nSPS) is 12.1. The van der Waals surface area contributed by atoms with Crippen LogP contribution in [0.4, 0.5) is 9.93 Å². The first-order valence-electron chi connectivity index (χ1n) is 5.12. The molecule has 1 aromatic heterocycles. The Morgan fingerprint density at radius 1 is 1.53 bits per heavy atom. The van der Waals surface area contributed by atoms with E-state index in [1.165, 1.54) is 5.38 Å². The number of carboxylic acid groups (broad SMARTS) is 1. The highest BCUT2D eigenvalue weighted by molar-refractivity contribution is 7.14. The van der Waals surface area contributed by atoms with Gasteiger partial charge in [-0.15, -0.1) is 11.3 Å². The van der Waals surface area contributed by atoms with E-state index in [9.17, 15) is 14.8 Å². The quantitative estimate of drug-likeness (QED) is 0.645. The number of hydrogen-bond donors (Lipinski definition) is 2. The average Bonchev–Trinajstić information content (AvgIpc) is 2.63. The minimum atomic E-state index is -1.48. The number of carbonyl (C=O) groups excluding carboxylic acids is 1. The van der Waals surface area contributed by atoms with Crippen LogP contribution in [0.2, 0.25) is 0 Å².